The minimum atomic E-state index is -0.521. The number of rotatable bonds is 2. The molecule has 1 unspecified atom stereocenters. The molecule has 0 saturated carbocycles. The number of anilines is 6. The Bertz CT molecular complexity index is 3460. The highest BCUT2D eigenvalue weighted by Gasteiger charge is 2.55. The van der Waals surface area contributed by atoms with Gasteiger partial charge in [-0.1, -0.05) is 177 Å². The van der Waals surface area contributed by atoms with Crippen LogP contribution in [0.3, 0.4) is 0 Å². The van der Waals surface area contributed by atoms with Gasteiger partial charge in [-0.25, -0.2) is 0 Å². The molecule has 12 rings (SSSR count). The van der Waals surface area contributed by atoms with E-state index in [-0.39, 0.29) is 33.8 Å². The molecule has 0 N–H and O–H groups in total. The van der Waals surface area contributed by atoms with Gasteiger partial charge in [0.25, 0.3) is 6.71 Å². The molecule has 8 aromatic rings. The zero-order chi connectivity index (χ0) is 50.1. The summed E-state index contributed by atoms with van der Waals surface area (Å²) in [5.41, 5.74) is 25.1. The second-order valence-corrected chi connectivity index (χ2v) is 27.2. The van der Waals surface area contributed by atoms with Gasteiger partial charge >= 0.3 is 0 Å². The number of thiophene rings is 1. The first-order valence-electron chi connectivity index (χ1n) is 25.9. The predicted molar refractivity (Wildman–Crippen MR) is 306 cm³/mol. The number of nitrogens with zero attached hydrogens (tertiary/aromatic N) is 3. The molecule has 0 saturated heterocycles. The molecule has 0 radical (unpaired) electrons. The van der Waals surface area contributed by atoms with Crippen molar-refractivity contribution in [2.24, 2.45) is 0 Å². The van der Waals surface area contributed by atoms with Crippen LogP contribution in [0.1, 0.15) is 153 Å². The van der Waals surface area contributed by atoms with Gasteiger partial charge in [0.05, 0.1) is 11.1 Å². The van der Waals surface area contributed by atoms with E-state index in [9.17, 15) is 0 Å². The first kappa shape index (κ1) is 45.9. The van der Waals surface area contributed by atoms with Crippen LogP contribution in [-0.4, -0.2) is 11.7 Å². The van der Waals surface area contributed by atoms with E-state index >= 15 is 0 Å². The van der Waals surface area contributed by atoms with Crippen molar-refractivity contribution in [3.63, 3.8) is 0 Å². The maximum Gasteiger partial charge on any atom is 0.252 e. The van der Waals surface area contributed by atoms with Crippen LogP contribution in [0.25, 0.3) is 21.7 Å². The number of pyridine rings is 1. The zero-order valence-electron chi connectivity index (χ0n) is 44.6. The van der Waals surface area contributed by atoms with E-state index in [2.05, 4.69) is 247 Å². The third kappa shape index (κ3) is 6.70. The van der Waals surface area contributed by atoms with Crippen molar-refractivity contribution in [1.29, 1.82) is 0 Å². The summed E-state index contributed by atoms with van der Waals surface area (Å²) in [6.07, 6.45) is 1.98. The fourth-order valence-electron chi connectivity index (χ4n) is 12.3. The van der Waals surface area contributed by atoms with Gasteiger partial charge in [-0.3, -0.25) is 4.98 Å². The van der Waals surface area contributed by atoms with Crippen LogP contribution in [0, 0.1) is 0 Å². The van der Waals surface area contributed by atoms with Crippen LogP contribution < -0.4 is 26.2 Å². The Morgan fingerprint density at radius 3 is 1.51 bits per heavy atom. The highest BCUT2D eigenvalue weighted by molar-refractivity contribution is 7.16. The third-order valence-electron chi connectivity index (χ3n) is 16.2. The van der Waals surface area contributed by atoms with Gasteiger partial charge in [0, 0.05) is 55.6 Å². The highest BCUT2D eigenvalue weighted by Crippen LogP contribution is 2.65. The lowest BCUT2D eigenvalue weighted by Gasteiger charge is -2.46. The van der Waals surface area contributed by atoms with Crippen LogP contribution in [0.2, 0.25) is 0 Å². The van der Waals surface area contributed by atoms with Crippen LogP contribution in [0.4, 0.5) is 34.1 Å². The standard InChI is InChI=1S/C66H68BN3S/c1-61(2,3)39-22-27-43(28-23-39)69-53-33-41(63(7,8)9)26-31-51(53)67-52-37-49-46(60-50(38-57(71-60)65(13,14)15)66(49)47-20-17-16-19-45(47)59-48(66)21-18-32-68-59)36-54(52)70(44-29-24-40(25-30-44)62(4,5)6)56-35-42(64(10,11)12)34-55(69)58(56)67/h16-38H,1-15H3. The van der Waals surface area contributed by atoms with E-state index in [4.69, 9.17) is 4.98 Å². The van der Waals surface area contributed by atoms with Crippen molar-refractivity contribution in [3.05, 3.63) is 189 Å². The summed E-state index contributed by atoms with van der Waals surface area (Å²) in [4.78, 5) is 13.2. The Morgan fingerprint density at radius 2 is 0.944 bits per heavy atom. The fraction of sp³-hybridized carbons (Fsp3) is 0.318. The topological polar surface area (TPSA) is 19.4 Å². The molecule has 4 aliphatic rings. The first-order chi connectivity index (χ1) is 33.4. The number of aromatic nitrogens is 1. The SMILES string of the molecule is CC(C)(C)c1ccc(N2c3cc(C(C)(C)C)ccc3B3c4cc5c(cc4N(c4ccc(C(C)(C)C)cc4)c4cc(C(C)(C)C)cc2c43)-c2sc(C(C)(C)C)cc2C52c3ccccc3-c3ncccc32)cc1. The average Bonchev–Trinajstić information content (AvgIpc) is 3.96. The summed E-state index contributed by atoms with van der Waals surface area (Å²) < 4.78 is 0. The minimum Gasteiger partial charge on any atom is -0.311 e. The lowest BCUT2D eigenvalue weighted by molar-refractivity contribution is 0.589. The van der Waals surface area contributed by atoms with Gasteiger partial charge in [-0.2, -0.15) is 0 Å². The minimum absolute atomic E-state index is 0.0172. The van der Waals surface area contributed by atoms with Gasteiger partial charge in [0.2, 0.25) is 0 Å². The molecule has 0 bridgehead atoms. The van der Waals surface area contributed by atoms with E-state index in [1.807, 2.05) is 17.5 Å². The first-order valence-corrected chi connectivity index (χ1v) is 26.7. The van der Waals surface area contributed by atoms with Crippen molar-refractivity contribution < 1.29 is 0 Å². The smallest absolute Gasteiger partial charge is 0.252 e. The van der Waals surface area contributed by atoms with Gasteiger partial charge < -0.3 is 9.80 Å². The molecule has 0 fully saturated rings. The summed E-state index contributed by atoms with van der Waals surface area (Å²) >= 11 is 1.99. The second kappa shape index (κ2) is 15.0. The molecule has 2 aliphatic heterocycles. The van der Waals surface area contributed by atoms with Crippen LogP contribution in [0.15, 0.2) is 140 Å². The van der Waals surface area contributed by atoms with Gasteiger partial charge in [-0.15, -0.1) is 11.3 Å². The van der Waals surface area contributed by atoms with E-state index in [1.165, 1.54) is 116 Å². The zero-order valence-corrected chi connectivity index (χ0v) is 45.4. The lowest BCUT2D eigenvalue weighted by atomic mass is 9.33. The summed E-state index contributed by atoms with van der Waals surface area (Å²) in [7, 11) is 0. The third-order valence-corrected chi connectivity index (χ3v) is 17.8. The average molecular weight is 946 g/mol. The van der Waals surface area contributed by atoms with Crippen LogP contribution in [0.5, 0.6) is 0 Å². The monoisotopic (exact) mass is 946 g/mol. The molecule has 2 aliphatic carbocycles. The summed E-state index contributed by atoms with van der Waals surface area (Å²) in [6, 6.07) is 52.9. The molecule has 4 heterocycles. The molecule has 0 amide bonds. The van der Waals surface area contributed by atoms with Crippen molar-refractivity contribution in [2.75, 3.05) is 9.80 Å². The number of hydrogen-bond acceptors (Lipinski definition) is 4. The molecule has 5 heteroatoms. The molecular weight excluding hydrogens is 878 g/mol. The van der Waals surface area contributed by atoms with Crippen LogP contribution >= 0.6 is 11.3 Å². The molecule has 71 heavy (non-hydrogen) atoms. The van der Waals surface area contributed by atoms with E-state index in [0.717, 1.165) is 5.69 Å². The number of hydrogen-bond donors (Lipinski definition) is 0. The molecule has 1 atom stereocenters. The van der Waals surface area contributed by atoms with E-state index in [0.29, 0.717) is 0 Å². The number of benzene rings is 6. The van der Waals surface area contributed by atoms with Crippen molar-refractivity contribution in [2.45, 2.75) is 136 Å². The molecule has 2 aromatic heterocycles. The maximum atomic E-state index is 5.20. The van der Waals surface area contributed by atoms with Gasteiger partial charge in [-0.05, 0) is 154 Å². The predicted octanol–water partition coefficient (Wildman–Crippen LogP) is 16.1. The van der Waals surface area contributed by atoms with Crippen molar-refractivity contribution in [3.8, 4) is 21.7 Å². The molecule has 3 nitrogen and oxygen atoms in total. The Morgan fingerprint density at radius 1 is 0.423 bits per heavy atom. The largest absolute Gasteiger partial charge is 0.311 e. The van der Waals surface area contributed by atoms with E-state index in [1.54, 1.807) is 0 Å². The van der Waals surface area contributed by atoms with Gasteiger partial charge in [0.15, 0.2) is 0 Å². The second-order valence-electron chi connectivity index (χ2n) is 26.2. The maximum absolute atomic E-state index is 5.20. The van der Waals surface area contributed by atoms with Crippen molar-refractivity contribution >= 4 is 68.6 Å². The molecule has 6 aromatic carbocycles. The summed E-state index contributed by atoms with van der Waals surface area (Å²) in [5, 5.41) is 0. The normalized spacial score (nSPS) is 16.6. The molecule has 1 spiro atoms. The Labute approximate surface area is 428 Å². The molecular formula is C66H68BN3S. The Kier molecular flexibility index (Phi) is 9.67. The summed E-state index contributed by atoms with van der Waals surface area (Å²) in [5.74, 6) is 0. The molecule has 356 valence electrons. The van der Waals surface area contributed by atoms with Crippen molar-refractivity contribution in [1.82, 2.24) is 4.98 Å². The van der Waals surface area contributed by atoms with E-state index < -0.39 is 5.41 Å². The number of fused-ring (bicyclic) bond motifs is 14. The highest BCUT2D eigenvalue weighted by atomic mass is 32.1. The Hall–Kier alpha value is -6.17. The summed E-state index contributed by atoms with van der Waals surface area (Å²) in [6.45, 7) is 35.1. The fourth-order valence-corrected chi connectivity index (χ4v) is 13.6. The lowest BCUT2D eigenvalue weighted by Crippen LogP contribution is -2.61. The van der Waals surface area contributed by atoms with Gasteiger partial charge in [0.1, 0.15) is 0 Å². The van der Waals surface area contributed by atoms with Crippen LogP contribution in [-0.2, 0) is 32.5 Å². The Balaban J connectivity index is 1.23. The quantitative estimate of drug-likeness (QED) is 0.161.